The van der Waals surface area contributed by atoms with Gasteiger partial charge in [-0.25, -0.2) is 0 Å². The van der Waals surface area contributed by atoms with Gasteiger partial charge in [0.15, 0.2) is 5.78 Å². The second-order valence-electron chi connectivity index (χ2n) is 12.6. The summed E-state index contributed by atoms with van der Waals surface area (Å²) < 4.78 is 0. The van der Waals surface area contributed by atoms with Crippen LogP contribution in [0.1, 0.15) is 184 Å². The Morgan fingerprint density at radius 1 is 0.595 bits per heavy atom. The lowest BCUT2D eigenvalue weighted by Crippen LogP contribution is -2.09. The van der Waals surface area contributed by atoms with Crippen LogP contribution in [-0.4, -0.2) is 10.9 Å². The van der Waals surface area contributed by atoms with Gasteiger partial charge in [0.25, 0.3) is 0 Å². The van der Waals surface area contributed by atoms with Gasteiger partial charge in [-0.3, -0.25) is 4.79 Å². The van der Waals surface area contributed by atoms with Gasteiger partial charge in [-0.2, -0.15) is 0 Å². The fourth-order valence-corrected chi connectivity index (χ4v) is 5.75. The predicted molar refractivity (Wildman–Crippen MR) is 184 cm³/mol. The number of aliphatic hydroxyl groups excluding tert-OH is 1. The Morgan fingerprint density at radius 3 is 1.60 bits per heavy atom. The first-order chi connectivity index (χ1) is 20.5. The molecule has 0 radical (unpaired) electrons. The number of aryl methyl sites for hydroxylation is 1. The molecule has 0 heterocycles. The van der Waals surface area contributed by atoms with Crippen LogP contribution in [0.2, 0.25) is 0 Å². The summed E-state index contributed by atoms with van der Waals surface area (Å²) in [6, 6.07) is 18.2. The number of rotatable bonds is 24. The third kappa shape index (κ3) is 20.1. The van der Waals surface area contributed by atoms with Crippen LogP contribution in [0.3, 0.4) is 0 Å². The Balaban J connectivity index is 0.000000420. The number of carbonyl (C=O) groups is 1. The van der Waals surface area contributed by atoms with Crippen LogP contribution in [0.5, 0.6) is 0 Å². The molecule has 0 amide bonds. The van der Waals surface area contributed by atoms with E-state index in [9.17, 15) is 9.90 Å². The molecule has 0 saturated heterocycles. The second kappa shape index (κ2) is 26.7. The molecule has 2 atom stereocenters. The Bertz CT molecular complexity index is 855. The van der Waals surface area contributed by atoms with Crippen molar-refractivity contribution >= 4 is 5.78 Å². The van der Waals surface area contributed by atoms with E-state index < -0.39 is 0 Å². The van der Waals surface area contributed by atoms with Crippen LogP contribution in [0, 0.1) is 5.92 Å². The number of Topliss-reactive ketones (excluding diaryl/α,β-unsaturated/α-hetero) is 1. The van der Waals surface area contributed by atoms with E-state index in [1.807, 2.05) is 37.3 Å². The monoisotopic (exact) mass is 579 g/mol. The van der Waals surface area contributed by atoms with Crippen molar-refractivity contribution in [2.75, 3.05) is 0 Å². The van der Waals surface area contributed by atoms with Crippen molar-refractivity contribution in [3.8, 4) is 0 Å². The van der Waals surface area contributed by atoms with Gasteiger partial charge in [0.05, 0.1) is 6.10 Å². The molecule has 2 nitrogen and oxygen atoms in total. The zero-order valence-corrected chi connectivity index (χ0v) is 28.1. The summed E-state index contributed by atoms with van der Waals surface area (Å²) in [5.74, 6) is 0.897. The van der Waals surface area contributed by atoms with Gasteiger partial charge in [0.1, 0.15) is 0 Å². The van der Waals surface area contributed by atoms with Crippen LogP contribution in [-0.2, 0) is 6.42 Å². The van der Waals surface area contributed by atoms with E-state index in [1.165, 1.54) is 134 Å². The van der Waals surface area contributed by atoms with Crippen molar-refractivity contribution < 1.29 is 9.90 Å². The van der Waals surface area contributed by atoms with Crippen molar-refractivity contribution in [1.82, 2.24) is 0 Å². The second-order valence-corrected chi connectivity index (χ2v) is 12.6. The summed E-state index contributed by atoms with van der Waals surface area (Å²) in [5.41, 5.74) is 3.29. The Labute approximate surface area is 261 Å². The zero-order chi connectivity index (χ0) is 30.7. The lowest BCUT2D eigenvalue weighted by atomic mass is 9.89. The van der Waals surface area contributed by atoms with Gasteiger partial charge in [0.2, 0.25) is 0 Å². The van der Waals surface area contributed by atoms with E-state index >= 15 is 0 Å². The Morgan fingerprint density at radius 2 is 1.10 bits per heavy atom. The number of unbranched alkanes of at least 4 members (excludes halogenated alkanes) is 14. The van der Waals surface area contributed by atoms with E-state index in [-0.39, 0.29) is 6.10 Å². The lowest BCUT2D eigenvalue weighted by Gasteiger charge is -2.15. The molecule has 1 N–H and O–H groups in total. The fraction of sp³-hybridized carbons (Fsp3) is 0.675. The minimum absolute atomic E-state index is 0.319. The highest BCUT2D eigenvalue weighted by Crippen LogP contribution is 2.22. The number of benzene rings is 2. The first-order valence-electron chi connectivity index (χ1n) is 17.9. The molecule has 0 spiro atoms. The summed E-state index contributed by atoms with van der Waals surface area (Å²) in [4.78, 5) is 12.3. The molecule has 0 bridgehead atoms. The molecule has 238 valence electrons. The van der Waals surface area contributed by atoms with Gasteiger partial charge in [0, 0.05) is 12.0 Å². The number of hydrogen-bond acceptors (Lipinski definition) is 2. The number of carbonyl (C=O) groups excluding carboxylic acids is 1. The standard InChI is InChI=1S/C20H34O.C20H32O/c1-3-4-5-6-7-8-9-10-11-12-13-19-14-16-20(17-15-19)18(2)21;1-3-5-6-7-8-10-14-18(13-4-2)17-20(21)19-15-11-9-12-16-19/h14-18,21H,3-13H2,1-2H3;9,11-12,15-16,18H,3-8,10,13-14,17H2,1-2H3. The molecule has 2 heteroatoms. The fourth-order valence-electron chi connectivity index (χ4n) is 5.75. The maximum absolute atomic E-state index is 12.3. The Hall–Kier alpha value is -1.93. The molecule has 2 aromatic rings. The normalized spacial score (nSPS) is 12.4. The molecular weight excluding hydrogens is 512 g/mol. The maximum atomic E-state index is 12.3. The molecule has 0 aliphatic carbocycles. The zero-order valence-electron chi connectivity index (χ0n) is 28.1. The first-order valence-corrected chi connectivity index (χ1v) is 17.9. The van der Waals surface area contributed by atoms with Crippen molar-refractivity contribution in [1.29, 1.82) is 0 Å². The van der Waals surface area contributed by atoms with Gasteiger partial charge < -0.3 is 5.11 Å². The molecule has 2 rings (SSSR count). The minimum atomic E-state index is -0.351. The average molecular weight is 579 g/mol. The van der Waals surface area contributed by atoms with E-state index in [0.717, 1.165) is 17.5 Å². The minimum Gasteiger partial charge on any atom is -0.389 e. The van der Waals surface area contributed by atoms with Crippen molar-refractivity contribution in [3.63, 3.8) is 0 Å². The topological polar surface area (TPSA) is 37.3 Å². The molecular formula is C40H66O2. The van der Waals surface area contributed by atoms with E-state index in [2.05, 4.69) is 45.0 Å². The van der Waals surface area contributed by atoms with E-state index in [4.69, 9.17) is 0 Å². The van der Waals surface area contributed by atoms with Crippen LogP contribution >= 0.6 is 0 Å². The van der Waals surface area contributed by atoms with Gasteiger partial charge >= 0.3 is 0 Å². The molecule has 2 unspecified atom stereocenters. The summed E-state index contributed by atoms with van der Waals surface area (Å²) in [5, 5.41) is 9.48. The smallest absolute Gasteiger partial charge is 0.163 e. The highest BCUT2D eigenvalue weighted by molar-refractivity contribution is 5.96. The number of ketones is 1. The van der Waals surface area contributed by atoms with Gasteiger partial charge in [-0.15, -0.1) is 0 Å². The maximum Gasteiger partial charge on any atom is 0.163 e. The van der Waals surface area contributed by atoms with Crippen LogP contribution < -0.4 is 0 Å². The molecule has 42 heavy (non-hydrogen) atoms. The van der Waals surface area contributed by atoms with E-state index in [0.29, 0.717) is 11.7 Å². The highest BCUT2D eigenvalue weighted by atomic mass is 16.3. The van der Waals surface area contributed by atoms with Crippen LogP contribution in [0.4, 0.5) is 0 Å². The predicted octanol–water partition coefficient (Wildman–Crippen LogP) is 12.6. The molecule has 0 aliphatic rings. The van der Waals surface area contributed by atoms with E-state index in [1.54, 1.807) is 0 Å². The third-order valence-electron chi connectivity index (χ3n) is 8.51. The van der Waals surface area contributed by atoms with Gasteiger partial charge in [-0.05, 0) is 36.8 Å². The molecule has 0 fully saturated rings. The first kappa shape index (κ1) is 38.1. The van der Waals surface area contributed by atoms with Gasteiger partial charge in [-0.1, -0.05) is 191 Å². The van der Waals surface area contributed by atoms with Crippen LogP contribution in [0.15, 0.2) is 54.6 Å². The number of aliphatic hydroxyl groups is 1. The third-order valence-corrected chi connectivity index (χ3v) is 8.51. The molecule has 0 saturated carbocycles. The summed E-state index contributed by atoms with van der Waals surface area (Å²) in [6.07, 6.45) is 27.1. The summed E-state index contributed by atoms with van der Waals surface area (Å²) >= 11 is 0. The molecule has 0 aliphatic heterocycles. The highest BCUT2D eigenvalue weighted by Gasteiger charge is 2.14. The summed E-state index contributed by atoms with van der Waals surface area (Å²) in [6.45, 7) is 8.57. The van der Waals surface area contributed by atoms with Crippen molar-refractivity contribution in [3.05, 3.63) is 71.3 Å². The average Bonchev–Trinajstić information content (AvgIpc) is 3.01. The Kier molecular flexibility index (Phi) is 24.2. The largest absolute Gasteiger partial charge is 0.389 e. The quantitative estimate of drug-likeness (QED) is 0.0993. The number of hydrogen-bond donors (Lipinski definition) is 1. The summed E-state index contributed by atoms with van der Waals surface area (Å²) in [7, 11) is 0. The van der Waals surface area contributed by atoms with Crippen molar-refractivity contribution in [2.45, 2.75) is 169 Å². The van der Waals surface area contributed by atoms with Crippen molar-refractivity contribution in [2.24, 2.45) is 5.92 Å². The lowest BCUT2D eigenvalue weighted by molar-refractivity contribution is 0.0955. The SMILES string of the molecule is CCCCCCCCC(CCC)CC(=O)c1ccccc1.CCCCCCCCCCCCc1ccc(C(C)O)cc1. The van der Waals surface area contributed by atoms with Crippen LogP contribution in [0.25, 0.3) is 0 Å². The molecule has 2 aromatic carbocycles. The molecule has 0 aromatic heterocycles.